The van der Waals surface area contributed by atoms with Crippen LogP contribution in [0.3, 0.4) is 0 Å². The summed E-state index contributed by atoms with van der Waals surface area (Å²) in [7, 11) is 1.65. The second-order valence-corrected chi connectivity index (χ2v) is 5.52. The molecular weight excluding hydrogens is 272 g/mol. The standard InChI is InChI=1S/C15H22N2O4/c1-19-10-4-2-9(3-5-10)6-7-17-13-14(18)12(16)11-8-20-15(13)21-11/h2-5,11-15,17-18H,6-8,16H2,1H3/t11-,12-,13+,14-,15-/m1/s1. The van der Waals surface area contributed by atoms with Crippen LogP contribution in [0.15, 0.2) is 24.3 Å². The Labute approximate surface area is 124 Å². The fourth-order valence-electron chi connectivity index (χ4n) is 2.84. The van der Waals surface area contributed by atoms with Crippen molar-refractivity contribution in [3.05, 3.63) is 29.8 Å². The smallest absolute Gasteiger partial charge is 0.176 e. The Bertz CT molecular complexity index is 467. The second kappa shape index (κ2) is 6.29. The third-order valence-electron chi connectivity index (χ3n) is 4.17. The summed E-state index contributed by atoms with van der Waals surface area (Å²) in [6.07, 6.45) is -0.393. The second-order valence-electron chi connectivity index (χ2n) is 5.52. The van der Waals surface area contributed by atoms with Crippen molar-refractivity contribution in [3.8, 4) is 5.75 Å². The third-order valence-corrected chi connectivity index (χ3v) is 4.17. The zero-order valence-electron chi connectivity index (χ0n) is 12.1. The van der Waals surface area contributed by atoms with E-state index in [0.717, 1.165) is 12.2 Å². The molecule has 2 saturated heterocycles. The molecule has 6 heteroatoms. The lowest BCUT2D eigenvalue weighted by Gasteiger charge is -2.36. The van der Waals surface area contributed by atoms with Gasteiger partial charge in [-0.2, -0.15) is 0 Å². The minimum atomic E-state index is -0.646. The molecule has 0 saturated carbocycles. The molecular formula is C15H22N2O4. The summed E-state index contributed by atoms with van der Waals surface area (Å²) in [5, 5.41) is 13.5. The zero-order valence-corrected chi connectivity index (χ0v) is 12.1. The molecule has 2 heterocycles. The first-order chi connectivity index (χ1) is 10.2. The van der Waals surface area contributed by atoms with E-state index in [9.17, 15) is 5.11 Å². The summed E-state index contributed by atoms with van der Waals surface area (Å²) in [6, 6.07) is 7.26. The molecule has 0 aromatic heterocycles. The van der Waals surface area contributed by atoms with Crippen molar-refractivity contribution in [1.82, 2.24) is 5.32 Å². The Morgan fingerprint density at radius 3 is 2.86 bits per heavy atom. The third kappa shape index (κ3) is 3.04. The van der Waals surface area contributed by atoms with E-state index in [1.54, 1.807) is 7.11 Å². The quantitative estimate of drug-likeness (QED) is 0.687. The maximum atomic E-state index is 10.2. The highest BCUT2D eigenvalue weighted by molar-refractivity contribution is 5.27. The molecule has 2 aliphatic rings. The number of aliphatic hydroxyl groups excluding tert-OH is 1. The lowest BCUT2D eigenvalue weighted by Crippen LogP contribution is -2.62. The minimum absolute atomic E-state index is 0.190. The first-order valence-electron chi connectivity index (χ1n) is 7.26. The largest absolute Gasteiger partial charge is 0.497 e. The first-order valence-corrected chi connectivity index (χ1v) is 7.26. The van der Waals surface area contributed by atoms with Gasteiger partial charge in [0.05, 0.1) is 31.9 Å². The lowest BCUT2D eigenvalue weighted by atomic mass is 9.97. The highest BCUT2D eigenvalue weighted by Crippen LogP contribution is 2.27. The van der Waals surface area contributed by atoms with Crippen LogP contribution in [0.4, 0.5) is 0 Å². The molecule has 0 aliphatic carbocycles. The number of ether oxygens (including phenoxy) is 3. The van der Waals surface area contributed by atoms with Gasteiger partial charge in [-0.05, 0) is 30.7 Å². The highest BCUT2D eigenvalue weighted by atomic mass is 16.7. The molecule has 3 rings (SSSR count). The SMILES string of the molecule is COc1ccc(CCN[C@@H]2[C@@H]3OC[C@@H](O3)[C@@H](N)[C@H]2O)cc1. The summed E-state index contributed by atoms with van der Waals surface area (Å²) >= 11 is 0. The first kappa shape index (κ1) is 14.7. The van der Waals surface area contributed by atoms with Crippen LogP contribution in [0, 0.1) is 0 Å². The number of methoxy groups -OCH3 is 1. The van der Waals surface area contributed by atoms with Crippen molar-refractivity contribution in [2.75, 3.05) is 20.3 Å². The fraction of sp³-hybridized carbons (Fsp3) is 0.600. The molecule has 2 aliphatic heterocycles. The number of nitrogens with one attached hydrogen (secondary N) is 1. The van der Waals surface area contributed by atoms with Gasteiger partial charge in [0.15, 0.2) is 6.29 Å². The minimum Gasteiger partial charge on any atom is -0.497 e. The molecule has 1 aromatic carbocycles. The molecule has 2 fully saturated rings. The summed E-state index contributed by atoms with van der Waals surface area (Å²) in [5.74, 6) is 0.846. The van der Waals surface area contributed by atoms with E-state index in [2.05, 4.69) is 5.32 Å². The molecule has 0 unspecified atom stereocenters. The number of hydrogen-bond acceptors (Lipinski definition) is 6. The molecule has 1 aromatic rings. The molecule has 0 radical (unpaired) electrons. The monoisotopic (exact) mass is 294 g/mol. The van der Waals surface area contributed by atoms with Crippen molar-refractivity contribution in [3.63, 3.8) is 0 Å². The maximum absolute atomic E-state index is 10.2. The van der Waals surface area contributed by atoms with Gasteiger partial charge >= 0.3 is 0 Å². The Hall–Kier alpha value is -1.18. The van der Waals surface area contributed by atoms with Gasteiger partial charge in [-0.1, -0.05) is 12.1 Å². The molecule has 4 N–H and O–H groups in total. The normalized spacial score (nSPS) is 34.9. The average Bonchev–Trinajstić information content (AvgIpc) is 2.96. The van der Waals surface area contributed by atoms with Crippen LogP contribution in [0.2, 0.25) is 0 Å². The van der Waals surface area contributed by atoms with Crippen LogP contribution >= 0.6 is 0 Å². The van der Waals surface area contributed by atoms with E-state index in [0.29, 0.717) is 13.2 Å². The van der Waals surface area contributed by atoms with E-state index in [-0.39, 0.29) is 12.1 Å². The van der Waals surface area contributed by atoms with Gasteiger partial charge in [0.1, 0.15) is 11.9 Å². The number of nitrogens with two attached hydrogens (primary N) is 1. The number of hydrogen-bond donors (Lipinski definition) is 3. The number of benzene rings is 1. The summed E-state index contributed by atoms with van der Waals surface area (Å²) < 4.78 is 16.3. The van der Waals surface area contributed by atoms with Gasteiger partial charge < -0.3 is 30.4 Å². The van der Waals surface area contributed by atoms with Crippen LogP contribution in [0.25, 0.3) is 0 Å². The predicted molar refractivity (Wildman–Crippen MR) is 77.1 cm³/mol. The van der Waals surface area contributed by atoms with E-state index < -0.39 is 18.4 Å². The van der Waals surface area contributed by atoms with Gasteiger partial charge in [-0.3, -0.25) is 0 Å². The molecule has 2 bridgehead atoms. The van der Waals surface area contributed by atoms with Crippen LogP contribution in [-0.2, 0) is 15.9 Å². The molecule has 5 atom stereocenters. The molecule has 116 valence electrons. The molecule has 6 nitrogen and oxygen atoms in total. The summed E-state index contributed by atoms with van der Waals surface area (Å²) in [6.45, 7) is 1.17. The Morgan fingerprint density at radius 2 is 2.14 bits per heavy atom. The van der Waals surface area contributed by atoms with Crippen molar-refractivity contribution < 1.29 is 19.3 Å². The van der Waals surface area contributed by atoms with E-state index in [1.165, 1.54) is 5.56 Å². The van der Waals surface area contributed by atoms with E-state index in [1.807, 2.05) is 24.3 Å². The Kier molecular flexibility index (Phi) is 4.42. The van der Waals surface area contributed by atoms with Crippen LogP contribution in [0.1, 0.15) is 5.56 Å². The van der Waals surface area contributed by atoms with Crippen LogP contribution in [-0.4, -0.2) is 55.9 Å². The zero-order chi connectivity index (χ0) is 14.8. The van der Waals surface area contributed by atoms with E-state index >= 15 is 0 Å². The van der Waals surface area contributed by atoms with Crippen molar-refractivity contribution in [1.29, 1.82) is 0 Å². The number of rotatable bonds is 5. The molecule has 0 amide bonds. The number of aliphatic hydroxyl groups is 1. The van der Waals surface area contributed by atoms with Crippen LogP contribution in [0.5, 0.6) is 5.75 Å². The van der Waals surface area contributed by atoms with Gasteiger partial charge in [0.2, 0.25) is 0 Å². The topological polar surface area (TPSA) is 86.0 Å². The molecule has 0 spiro atoms. The molecule has 21 heavy (non-hydrogen) atoms. The van der Waals surface area contributed by atoms with Gasteiger partial charge in [0, 0.05) is 0 Å². The van der Waals surface area contributed by atoms with Gasteiger partial charge in [-0.15, -0.1) is 0 Å². The van der Waals surface area contributed by atoms with Crippen molar-refractivity contribution >= 4 is 0 Å². The summed E-state index contributed by atoms with van der Waals surface area (Å²) in [4.78, 5) is 0. The van der Waals surface area contributed by atoms with Crippen LogP contribution < -0.4 is 15.8 Å². The average molecular weight is 294 g/mol. The van der Waals surface area contributed by atoms with Gasteiger partial charge in [-0.25, -0.2) is 0 Å². The Morgan fingerprint density at radius 1 is 1.38 bits per heavy atom. The Balaban J connectivity index is 1.52. The van der Waals surface area contributed by atoms with Crippen molar-refractivity contribution in [2.24, 2.45) is 5.73 Å². The number of fused-ring (bicyclic) bond motifs is 2. The predicted octanol–water partition coefficient (Wildman–Crippen LogP) is -0.361. The lowest BCUT2D eigenvalue weighted by molar-refractivity contribution is -0.147. The highest BCUT2D eigenvalue weighted by Gasteiger charge is 2.48. The van der Waals surface area contributed by atoms with E-state index in [4.69, 9.17) is 19.9 Å². The summed E-state index contributed by atoms with van der Waals surface area (Å²) in [5.41, 5.74) is 7.15. The fourth-order valence-corrected chi connectivity index (χ4v) is 2.84. The maximum Gasteiger partial charge on any atom is 0.176 e. The van der Waals surface area contributed by atoms with Gasteiger partial charge in [0.25, 0.3) is 0 Å². The van der Waals surface area contributed by atoms with Crippen molar-refractivity contribution in [2.45, 2.75) is 37.0 Å².